The first kappa shape index (κ1) is 11.7. The molecule has 0 saturated heterocycles. The highest BCUT2D eigenvalue weighted by molar-refractivity contribution is 9.10. The normalized spacial score (nSPS) is 12.9. The zero-order valence-corrected chi connectivity index (χ0v) is 12.2. The largest absolute Gasteiger partial charge is 0.299 e. The summed E-state index contributed by atoms with van der Waals surface area (Å²) in [6, 6.07) is 20.8. The van der Waals surface area contributed by atoms with E-state index in [1.807, 2.05) is 30.6 Å². The second kappa shape index (κ2) is 4.46. The molecule has 0 fully saturated rings. The minimum atomic E-state index is 1.03. The maximum Gasteiger partial charge on any atom is 0.100 e. The summed E-state index contributed by atoms with van der Waals surface area (Å²) in [5.41, 5.74) is 3.29. The van der Waals surface area contributed by atoms with Gasteiger partial charge in [0.1, 0.15) is 6.34 Å². The number of anilines is 2. The topological polar surface area (TPSA) is 15.6 Å². The molecule has 3 heteroatoms. The number of para-hydroxylation sites is 1. The fraction of sp³-hybridized carbons (Fsp3) is 0. The molecule has 3 aromatic carbocycles. The van der Waals surface area contributed by atoms with E-state index < -0.39 is 0 Å². The molecule has 4 rings (SSSR count). The van der Waals surface area contributed by atoms with Gasteiger partial charge in [0.25, 0.3) is 0 Å². The number of halogens is 1. The summed E-state index contributed by atoms with van der Waals surface area (Å²) in [6.45, 7) is 0. The quantitative estimate of drug-likeness (QED) is 0.584. The van der Waals surface area contributed by atoms with Crippen LogP contribution in [-0.4, -0.2) is 6.34 Å². The predicted molar refractivity (Wildman–Crippen MR) is 88.4 cm³/mol. The average Bonchev–Trinajstić information content (AvgIpc) is 2.49. The standard InChI is InChI=1S/C17H11BrN2/c18-13-7-1-2-9-15(13)20-11-19-14-8-3-5-12-6-4-10-16(20)17(12)14/h1-11H. The molecule has 96 valence electrons. The van der Waals surface area contributed by atoms with Crippen molar-refractivity contribution in [1.82, 2.24) is 0 Å². The van der Waals surface area contributed by atoms with Gasteiger partial charge in [-0.3, -0.25) is 4.90 Å². The monoisotopic (exact) mass is 322 g/mol. The highest BCUT2D eigenvalue weighted by Gasteiger charge is 2.18. The van der Waals surface area contributed by atoms with Gasteiger partial charge < -0.3 is 0 Å². The molecule has 0 bridgehead atoms. The Labute approximate surface area is 125 Å². The van der Waals surface area contributed by atoms with Gasteiger partial charge in [-0.15, -0.1) is 0 Å². The van der Waals surface area contributed by atoms with Gasteiger partial charge in [0.15, 0.2) is 0 Å². The summed E-state index contributed by atoms with van der Waals surface area (Å²) >= 11 is 3.62. The van der Waals surface area contributed by atoms with Crippen LogP contribution < -0.4 is 4.90 Å². The fourth-order valence-corrected chi connectivity index (χ4v) is 3.11. The summed E-state index contributed by atoms with van der Waals surface area (Å²) in [7, 11) is 0. The van der Waals surface area contributed by atoms with Crippen molar-refractivity contribution >= 4 is 50.1 Å². The van der Waals surface area contributed by atoms with Gasteiger partial charge in [-0.25, -0.2) is 4.99 Å². The Morgan fingerprint density at radius 2 is 1.55 bits per heavy atom. The molecule has 0 amide bonds. The van der Waals surface area contributed by atoms with Gasteiger partial charge >= 0.3 is 0 Å². The summed E-state index contributed by atoms with van der Waals surface area (Å²) in [4.78, 5) is 6.71. The van der Waals surface area contributed by atoms with Crippen molar-refractivity contribution < 1.29 is 0 Å². The molecular formula is C17H11BrN2. The third-order valence-corrected chi connectivity index (χ3v) is 4.22. The lowest BCUT2D eigenvalue weighted by molar-refractivity contribution is 1.34. The SMILES string of the molecule is Brc1ccccc1N1C=Nc2cccc3cccc1c23. The van der Waals surface area contributed by atoms with E-state index in [1.165, 1.54) is 16.5 Å². The molecule has 2 nitrogen and oxygen atoms in total. The molecule has 1 heterocycles. The average molecular weight is 323 g/mol. The summed E-state index contributed by atoms with van der Waals surface area (Å²) in [5.74, 6) is 0. The fourth-order valence-electron chi connectivity index (χ4n) is 2.63. The minimum Gasteiger partial charge on any atom is -0.299 e. The van der Waals surface area contributed by atoms with E-state index in [4.69, 9.17) is 0 Å². The van der Waals surface area contributed by atoms with Crippen LogP contribution in [0, 0.1) is 0 Å². The maximum absolute atomic E-state index is 4.59. The molecule has 3 aromatic rings. The van der Waals surface area contributed by atoms with E-state index in [9.17, 15) is 0 Å². The van der Waals surface area contributed by atoms with Crippen LogP contribution in [0.4, 0.5) is 17.1 Å². The van der Waals surface area contributed by atoms with Gasteiger partial charge in [-0.2, -0.15) is 0 Å². The molecule has 0 spiro atoms. The van der Waals surface area contributed by atoms with Crippen LogP contribution in [0.1, 0.15) is 0 Å². The molecule has 1 aliphatic heterocycles. The van der Waals surface area contributed by atoms with Crippen LogP contribution in [-0.2, 0) is 0 Å². The number of aliphatic imine (C=N–C) groups is 1. The van der Waals surface area contributed by atoms with Crippen LogP contribution >= 0.6 is 15.9 Å². The van der Waals surface area contributed by atoms with E-state index in [2.05, 4.69) is 62.2 Å². The highest BCUT2D eigenvalue weighted by atomic mass is 79.9. The summed E-state index contributed by atoms with van der Waals surface area (Å²) in [5, 5.41) is 2.42. The van der Waals surface area contributed by atoms with Crippen molar-refractivity contribution in [1.29, 1.82) is 0 Å². The van der Waals surface area contributed by atoms with Crippen molar-refractivity contribution in [2.45, 2.75) is 0 Å². The summed E-state index contributed by atoms with van der Waals surface area (Å²) in [6.07, 6.45) is 1.89. The van der Waals surface area contributed by atoms with Crippen LogP contribution in [0.15, 0.2) is 70.1 Å². The lowest BCUT2D eigenvalue weighted by Gasteiger charge is -2.26. The zero-order valence-electron chi connectivity index (χ0n) is 10.6. The van der Waals surface area contributed by atoms with Crippen molar-refractivity contribution in [3.8, 4) is 0 Å². The van der Waals surface area contributed by atoms with E-state index in [-0.39, 0.29) is 0 Å². The van der Waals surface area contributed by atoms with E-state index in [0.29, 0.717) is 0 Å². The number of hydrogen-bond acceptors (Lipinski definition) is 2. The number of rotatable bonds is 1. The molecule has 0 saturated carbocycles. The molecule has 0 radical (unpaired) electrons. The first-order valence-corrected chi connectivity index (χ1v) is 7.23. The first-order chi connectivity index (χ1) is 9.84. The van der Waals surface area contributed by atoms with Crippen molar-refractivity contribution in [3.05, 3.63) is 65.1 Å². The van der Waals surface area contributed by atoms with Gasteiger partial charge in [0, 0.05) is 9.86 Å². The van der Waals surface area contributed by atoms with E-state index >= 15 is 0 Å². The van der Waals surface area contributed by atoms with Crippen LogP contribution in [0.2, 0.25) is 0 Å². The Hall–Kier alpha value is -2.13. The first-order valence-electron chi connectivity index (χ1n) is 6.44. The molecule has 1 aliphatic rings. The molecule has 0 atom stereocenters. The van der Waals surface area contributed by atoms with Crippen LogP contribution in [0.5, 0.6) is 0 Å². The number of hydrogen-bond donors (Lipinski definition) is 0. The number of nitrogens with zero attached hydrogens (tertiary/aromatic N) is 2. The second-order valence-corrected chi connectivity index (χ2v) is 5.57. The van der Waals surface area contributed by atoms with Gasteiger partial charge in [-0.05, 0) is 45.6 Å². The molecule has 0 N–H and O–H groups in total. The van der Waals surface area contributed by atoms with Crippen molar-refractivity contribution in [2.24, 2.45) is 4.99 Å². The Bertz CT molecular complexity index is 834. The Kier molecular flexibility index (Phi) is 2.60. The maximum atomic E-state index is 4.59. The van der Waals surface area contributed by atoms with Crippen molar-refractivity contribution in [3.63, 3.8) is 0 Å². The Morgan fingerprint density at radius 1 is 0.800 bits per heavy atom. The Morgan fingerprint density at radius 3 is 2.40 bits per heavy atom. The lowest BCUT2D eigenvalue weighted by atomic mass is 10.0. The molecule has 0 aliphatic carbocycles. The molecule has 20 heavy (non-hydrogen) atoms. The third kappa shape index (κ3) is 1.67. The smallest absolute Gasteiger partial charge is 0.100 e. The number of benzene rings is 3. The van der Waals surface area contributed by atoms with Gasteiger partial charge in [0.2, 0.25) is 0 Å². The zero-order chi connectivity index (χ0) is 13.5. The lowest BCUT2D eigenvalue weighted by Crippen LogP contribution is -2.17. The minimum absolute atomic E-state index is 1.03. The van der Waals surface area contributed by atoms with Gasteiger partial charge in [-0.1, -0.05) is 36.4 Å². The van der Waals surface area contributed by atoms with Crippen LogP contribution in [0.3, 0.4) is 0 Å². The van der Waals surface area contributed by atoms with Crippen molar-refractivity contribution in [2.75, 3.05) is 4.90 Å². The third-order valence-electron chi connectivity index (χ3n) is 3.54. The molecule has 0 aromatic heterocycles. The highest BCUT2D eigenvalue weighted by Crippen LogP contribution is 2.41. The van der Waals surface area contributed by atoms with E-state index in [0.717, 1.165) is 15.8 Å². The molecular weight excluding hydrogens is 312 g/mol. The predicted octanol–water partition coefficient (Wildman–Crippen LogP) is 5.41. The van der Waals surface area contributed by atoms with E-state index in [1.54, 1.807) is 0 Å². The van der Waals surface area contributed by atoms with Crippen LogP contribution in [0.25, 0.3) is 10.8 Å². The summed E-state index contributed by atoms with van der Waals surface area (Å²) < 4.78 is 1.06. The van der Waals surface area contributed by atoms with Gasteiger partial charge in [0.05, 0.1) is 17.1 Å². The Balaban J connectivity index is 2.01. The molecule has 0 unspecified atom stereocenters. The second-order valence-electron chi connectivity index (χ2n) is 4.72.